The number of aromatic nitrogens is 1. The lowest BCUT2D eigenvalue weighted by atomic mass is 9.96. The van der Waals surface area contributed by atoms with E-state index >= 15 is 0 Å². The van der Waals surface area contributed by atoms with E-state index in [1.54, 1.807) is 24.3 Å². The molecular formula is C24H15NO4S. The molecule has 0 radical (unpaired) electrons. The van der Waals surface area contributed by atoms with Gasteiger partial charge >= 0.3 is 0 Å². The Labute approximate surface area is 174 Å². The van der Waals surface area contributed by atoms with Crippen molar-refractivity contribution in [3.8, 4) is 28.0 Å². The number of phenolic OH excluding ortho intramolecular Hbond substituents is 1. The smallest absolute Gasteiger partial charge is 0.287 e. The average molecular weight is 413 g/mol. The topological polar surface area (TPSA) is 83.3 Å². The van der Waals surface area contributed by atoms with Crippen LogP contribution in [0.2, 0.25) is 0 Å². The molecule has 0 bridgehead atoms. The van der Waals surface area contributed by atoms with Crippen LogP contribution in [-0.4, -0.2) is 16.0 Å². The molecule has 0 saturated heterocycles. The van der Waals surface area contributed by atoms with Crippen molar-refractivity contribution >= 4 is 27.2 Å². The zero-order valence-electron chi connectivity index (χ0n) is 15.6. The van der Waals surface area contributed by atoms with Crippen LogP contribution < -0.4 is 5.56 Å². The molecular weight excluding hydrogens is 398 g/mol. The highest BCUT2D eigenvalue weighted by atomic mass is 32.1. The van der Waals surface area contributed by atoms with Crippen LogP contribution in [0.25, 0.3) is 32.3 Å². The zero-order valence-corrected chi connectivity index (χ0v) is 16.4. The largest absolute Gasteiger partial charge is 0.508 e. The summed E-state index contributed by atoms with van der Waals surface area (Å²) >= 11 is 1.36. The van der Waals surface area contributed by atoms with E-state index in [1.807, 2.05) is 48.5 Å². The monoisotopic (exact) mass is 413 g/mol. The number of benzene rings is 3. The Morgan fingerprint density at radius 3 is 2.37 bits per heavy atom. The van der Waals surface area contributed by atoms with Crippen LogP contribution in [0.1, 0.15) is 15.2 Å². The molecule has 2 heterocycles. The Morgan fingerprint density at radius 2 is 1.67 bits per heavy atom. The van der Waals surface area contributed by atoms with Gasteiger partial charge in [0.15, 0.2) is 0 Å². The molecule has 0 atom stereocenters. The van der Waals surface area contributed by atoms with Crippen molar-refractivity contribution in [2.75, 3.05) is 0 Å². The number of fused-ring (bicyclic) bond motifs is 1. The Morgan fingerprint density at radius 1 is 0.933 bits per heavy atom. The highest BCUT2D eigenvalue weighted by Crippen LogP contribution is 2.41. The second kappa shape index (κ2) is 7.17. The lowest BCUT2D eigenvalue weighted by molar-refractivity contribution is 0.104. The number of hydrogen-bond donors (Lipinski definition) is 2. The van der Waals surface area contributed by atoms with Crippen LogP contribution in [0.5, 0.6) is 5.75 Å². The second-order valence-corrected chi connectivity index (χ2v) is 7.89. The maximum Gasteiger partial charge on any atom is 0.287 e. The van der Waals surface area contributed by atoms with Gasteiger partial charge in [0.25, 0.3) is 5.56 Å². The summed E-state index contributed by atoms with van der Waals surface area (Å²) in [5.74, 6) is 0.0881. The van der Waals surface area contributed by atoms with Crippen LogP contribution >= 0.6 is 11.3 Å². The minimum atomic E-state index is -0.292. The maximum atomic E-state index is 13.3. The highest BCUT2D eigenvalue weighted by molar-refractivity contribution is 7.21. The van der Waals surface area contributed by atoms with Crippen LogP contribution in [0.15, 0.2) is 88.4 Å². The Bertz CT molecular complexity index is 1430. The number of phenols is 1. The first-order valence-electron chi connectivity index (χ1n) is 9.24. The summed E-state index contributed by atoms with van der Waals surface area (Å²) in [6.45, 7) is 0. The van der Waals surface area contributed by atoms with E-state index in [0.717, 1.165) is 26.8 Å². The fraction of sp³-hybridized carbons (Fsp3) is 0. The molecule has 0 aliphatic carbocycles. The van der Waals surface area contributed by atoms with Gasteiger partial charge in [-0.25, -0.2) is 0 Å². The van der Waals surface area contributed by atoms with Crippen molar-refractivity contribution in [1.82, 2.24) is 5.16 Å². The summed E-state index contributed by atoms with van der Waals surface area (Å²) in [7, 11) is 0. The quantitative estimate of drug-likeness (QED) is 0.384. The average Bonchev–Trinajstić information content (AvgIpc) is 3.37. The molecule has 0 fully saturated rings. The molecule has 2 N–H and O–H groups in total. The molecule has 5 rings (SSSR count). The third-order valence-electron chi connectivity index (χ3n) is 4.97. The van der Waals surface area contributed by atoms with Crippen molar-refractivity contribution in [3.63, 3.8) is 0 Å². The molecule has 6 heteroatoms. The fourth-order valence-corrected chi connectivity index (χ4v) is 4.74. The van der Waals surface area contributed by atoms with Gasteiger partial charge in [0.2, 0.25) is 5.78 Å². The van der Waals surface area contributed by atoms with Gasteiger partial charge in [-0.15, -0.1) is 11.3 Å². The molecule has 2 aromatic heterocycles. The number of carbonyl (C=O) groups excluding carboxylic acids is 1. The van der Waals surface area contributed by atoms with Crippen LogP contribution in [0.3, 0.4) is 0 Å². The van der Waals surface area contributed by atoms with E-state index in [0.29, 0.717) is 16.0 Å². The standard InChI is InChI=1S/C24H15NO4S/c26-17-10-11-18-20(12-17)30-23(22(27)16-4-2-1-3-5-16)21(18)15-8-6-14(7-9-15)19-13-29-25-24(19)28/h1-13,26H,(H,25,28). The van der Waals surface area contributed by atoms with Gasteiger partial charge in [-0.3, -0.25) is 9.59 Å². The van der Waals surface area contributed by atoms with Crippen molar-refractivity contribution < 1.29 is 14.4 Å². The van der Waals surface area contributed by atoms with Gasteiger partial charge in [0.1, 0.15) is 12.0 Å². The molecule has 0 unspecified atom stereocenters. The van der Waals surface area contributed by atoms with E-state index in [-0.39, 0.29) is 17.1 Å². The molecule has 0 aliphatic heterocycles. The molecule has 0 spiro atoms. The Balaban J connectivity index is 1.69. The van der Waals surface area contributed by atoms with E-state index in [2.05, 4.69) is 5.16 Å². The van der Waals surface area contributed by atoms with Gasteiger partial charge in [-0.05, 0) is 29.3 Å². The molecule has 3 aromatic carbocycles. The molecule has 5 aromatic rings. The fourth-order valence-electron chi connectivity index (χ4n) is 3.52. The molecule has 0 amide bonds. The summed E-state index contributed by atoms with van der Waals surface area (Å²) in [6, 6.07) is 21.7. The van der Waals surface area contributed by atoms with Gasteiger partial charge in [-0.2, -0.15) is 5.16 Å². The predicted octanol–water partition coefficient (Wildman–Crippen LogP) is 5.45. The lowest BCUT2D eigenvalue weighted by Crippen LogP contribution is -2.01. The van der Waals surface area contributed by atoms with Crippen molar-refractivity contribution in [1.29, 1.82) is 0 Å². The number of rotatable bonds is 4. The van der Waals surface area contributed by atoms with Crippen LogP contribution in [0, 0.1) is 0 Å². The number of nitrogens with one attached hydrogen (secondary N) is 1. The van der Waals surface area contributed by atoms with Crippen LogP contribution in [0.4, 0.5) is 0 Å². The van der Waals surface area contributed by atoms with E-state index in [4.69, 9.17) is 4.52 Å². The summed E-state index contributed by atoms with van der Waals surface area (Å²) in [5, 5.41) is 13.1. The third-order valence-corrected chi connectivity index (χ3v) is 6.12. The summed E-state index contributed by atoms with van der Waals surface area (Å²) in [4.78, 5) is 25.7. The van der Waals surface area contributed by atoms with Gasteiger partial charge < -0.3 is 9.63 Å². The number of aromatic amines is 1. The second-order valence-electron chi connectivity index (χ2n) is 6.84. The number of ketones is 1. The Kier molecular flexibility index (Phi) is 4.34. The first kappa shape index (κ1) is 18.1. The summed E-state index contributed by atoms with van der Waals surface area (Å²) in [5.41, 5.74) is 3.16. The maximum absolute atomic E-state index is 13.3. The van der Waals surface area contributed by atoms with Crippen LogP contribution in [-0.2, 0) is 0 Å². The van der Waals surface area contributed by atoms with Gasteiger partial charge in [0, 0.05) is 21.2 Å². The number of aromatic hydroxyl groups is 1. The number of carbonyl (C=O) groups is 1. The first-order chi connectivity index (χ1) is 14.6. The zero-order chi connectivity index (χ0) is 20.7. The summed E-state index contributed by atoms with van der Waals surface area (Å²) < 4.78 is 5.70. The minimum Gasteiger partial charge on any atom is -0.508 e. The Hall–Kier alpha value is -3.90. The molecule has 5 nitrogen and oxygen atoms in total. The molecule has 0 saturated carbocycles. The number of thiophene rings is 1. The van der Waals surface area contributed by atoms with Crippen molar-refractivity contribution in [3.05, 3.63) is 99.9 Å². The van der Waals surface area contributed by atoms with Crippen molar-refractivity contribution in [2.24, 2.45) is 0 Å². The SMILES string of the molecule is O=C(c1ccccc1)c1sc2cc(O)ccc2c1-c1ccc(-c2co[nH]c2=O)cc1. The lowest BCUT2D eigenvalue weighted by Gasteiger charge is -2.06. The van der Waals surface area contributed by atoms with E-state index < -0.39 is 0 Å². The first-order valence-corrected chi connectivity index (χ1v) is 10.1. The number of H-pyrrole nitrogens is 1. The normalized spacial score (nSPS) is 11.1. The van der Waals surface area contributed by atoms with Gasteiger partial charge in [0.05, 0.1) is 10.4 Å². The van der Waals surface area contributed by atoms with Gasteiger partial charge in [-0.1, -0.05) is 54.6 Å². The summed E-state index contributed by atoms with van der Waals surface area (Å²) in [6.07, 6.45) is 1.38. The molecule has 0 aliphatic rings. The van der Waals surface area contributed by atoms with E-state index in [1.165, 1.54) is 17.6 Å². The minimum absolute atomic E-state index is 0.0679. The highest BCUT2D eigenvalue weighted by Gasteiger charge is 2.21. The molecule has 30 heavy (non-hydrogen) atoms. The molecule has 146 valence electrons. The predicted molar refractivity (Wildman–Crippen MR) is 117 cm³/mol. The number of hydrogen-bond acceptors (Lipinski definition) is 5. The van der Waals surface area contributed by atoms with E-state index in [9.17, 15) is 14.7 Å². The van der Waals surface area contributed by atoms with Crippen molar-refractivity contribution in [2.45, 2.75) is 0 Å². The third kappa shape index (κ3) is 3.03.